The third-order valence-electron chi connectivity index (χ3n) is 5.43. The molecule has 1 aliphatic carbocycles. The lowest BCUT2D eigenvalue weighted by Gasteiger charge is -2.21. The summed E-state index contributed by atoms with van der Waals surface area (Å²) >= 11 is 0. The first-order valence-corrected chi connectivity index (χ1v) is 9.21. The fourth-order valence-corrected chi connectivity index (χ4v) is 3.84. The standard InChI is InChI=1S/C22H29NO/c23-22(17-24)15-14-21(16-22)20-12-10-19(11-13-20)9-5-4-8-18-6-2-1-3-7-18/h1-3,6-7,10-13,21,24H,4-5,8-9,14-17,23H2. The van der Waals surface area contributed by atoms with Crippen LogP contribution in [0.15, 0.2) is 54.6 Å². The molecule has 0 saturated heterocycles. The summed E-state index contributed by atoms with van der Waals surface area (Å²) < 4.78 is 0. The Hall–Kier alpha value is -1.64. The van der Waals surface area contributed by atoms with E-state index in [0.717, 1.165) is 25.7 Å². The highest BCUT2D eigenvalue weighted by Gasteiger charge is 2.35. The van der Waals surface area contributed by atoms with Gasteiger partial charge in [-0.15, -0.1) is 0 Å². The van der Waals surface area contributed by atoms with Gasteiger partial charge in [0.1, 0.15) is 0 Å². The van der Waals surface area contributed by atoms with E-state index in [-0.39, 0.29) is 12.1 Å². The number of aliphatic hydroxyl groups excluding tert-OH is 1. The Balaban J connectivity index is 1.45. The summed E-state index contributed by atoms with van der Waals surface area (Å²) in [6, 6.07) is 19.8. The number of benzene rings is 2. The van der Waals surface area contributed by atoms with Gasteiger partial charge in [0, 0.05) is 5.54 Å². The summed E-state index contributed by atoms with van der Waals surface area (Å²) in [6.07, 6.45) is 7.70. The molecule has 2 atom stereocenters. The fourth-order valence-electron chi connectivity index (χ4n) is 3.84. The predicted molar refractivity (Wildman–Crippen MR) is 100 cm³/mol. The minimum Gasteiger partial charge on any atom is -0.394 e. The summed E-state index contributed by atoms with van der Waals surface area (Å²) in [7, 11) is 0. The number of nitrogens with two attached hydrogens (primary N) is 1. The largest absolute Gasteiger partial charge is 0.394 e. The third kappa shape index (κ3) is 4.46. The molecule has 128 valence electrons. The molecule has 3 rings (SSSR count). The van der Waals surface area contributed by atoms with Crippen molar-refractivity contribution in [2.45, 2.75) is 56.4 Å². The normalized spacial score (nSPS) is 23.5. The average molecular weight is 323 g/mol. The zero-order chi connectivity index (χ0) is 16.8. The van der Waals surface area contributed by atoms with E-state index >= 15 is 0 Å². The first-order valence-electron chi connectivity index (χ1n) is 9.21. The smallest absolute Gasteiger partial charge is 0.0611 e. The SMILES string of the molecule is NC1(CO)CCC(c2ccc(CCCCc3ccccc3)cc2)C1. The molecule has 2 unspecified atom stereocenters. The van der Waals surface area contributed by atoms with Crippen LogP contribution in [-0.4, -0.2) is 17.3 Å². The van der Waals surface area contributed by atoms with Gasteiger partial charge in [0.15, 0.2) is 0 Å². The predicted octanol–water partition coefficient (Wildman–Crippen LogP) is 4.21. The average Bonchev–Trinajstić information content (AvgIpc) is 3.03. The number of unbranched alkanes of at least 4 members (excludes halogenated alkanes) is 1. The topological polar surface area (TPSA) is 46.2 Å². The van der Waals surface area contributed by atoms with Crippen LogP contribution in [-0.2, 0) is 12.8 Å². The van der Waals surface area contributed by atoms with Crippen molar-refractivity contribution in [3.8, 4) is 0 Å². The van der Waals surface area contributed by atoms with Gasteiger partial charge in [-0.05, 0) is 67.6 Å². The van der Waals surface area contributed by atoms with Gasteiger partial charge >= 0.3 is 0 Å². The van der Waals surface area contributed by atoms with Crippen LogP contribution in [0.5, 0.6) is 0 Å². The van der Waals surface area contributed by atoms with Crippen molar-refractivity contribution in [2.75, 3.05) is 6.61 Å². The van der Waals surface area contributed by atoms with Gasteiger partial charge in [-0.2, -0.15) is 0 Å². The molecular weight excluding hydrogens is 294 g/mol. The van der Waals surface area contributed by atoms with Crippen molar-refractivity contribution in [3.05, 3.63) is 71.3 Å². The van der Waals surface area contributed by atoms with E-state index in [2.05, 4.69) is 54.6 Å². The molecule has 2 nitrogen and oxygen atoms in total. The maximum absolute atomic E-state index is 9.41. The highest BCUT2D eigenvalue weighted by atomic mass is 16.3. The second-order valence-electron chi connectivity index (χ2n) is 7.39. The molecule has 0 heterocycles. The molecule has 2 heteroatoms. The van der Waals surface area contributed by atoms with Gasteiger partial charge < -0.3 is 10.8 Å². The first-order chi connectivity index (χ1) is 11.7. The highest BCUT2D eigenvalue weighted by molar-refractivity contribution is 5.27. The van der Waals surface area contributed by atoms with Crippen molar-refractivity contribution < 1.29 is 5.11 Å². The summed E-state index contributed by atoms with van der Waals surface area (Å²) in [5.41, 5.74) is 10.1. The molecular formula is C22H29NO. The summed E-state index contributed by atoms with van der Waals surface area (Å²) in [6.45, 7) is 0.100. The molecule has 3 N–H and O–H groups in total. The Morgan fingerprint density at radius 3 is 2.12 bits per heavy atom. The lowest BCUT2D eigenvalue weighted by molar-refractivity contribution is 0.198. The van der Waals surface area contributed by atoms with Crippen LogP contribution in [0.25, 0.3) is 0 Å². The molecule has 2 aromatic rings. The summed E-state index contributed by atoms with van der Waals surface area (Å²) in [4.78, 5) is 0. The number of hydrogen-bond donors (Lipinski definition) is 2. The Morgan fingerprint density at radius 2 is 1.54 bits per heavy atom. The van der Waals surface area contributed by atoms with E-state index in [1.165, 1.54) is 36.0 Å². The third-order valence-corrected chi connectivity index (χ3v) is 5.43. The maximum atomic E-state index is 9.41. The quantitative estimate of drug-likeness (QED) is 0.750. The minimum absolute atomic E-state index is 0.100. The van der Waals surface area contributed by atoms with Crippen LogP contribution in [0, 0.1) is 0 Å². The van der Waals surface area contributed by atoms with Gasteiger partial charge in [-0.25, -0.2) is 0 Å². The van der Waals surface area contributed by atoms with Crippen molar-refractivity contribution in [1.29, 1.82) is 0 Å². The van der Waals surface area contributed by atoms with Crippen LogP contribution in [0.4, 0.5) is 0 Å². The van der Waals surface area contributed by atoms with Gasteiger partial charge in [-0.3, -0.25) is 0 Å². The Labute approximate surface area is 145 Å². The number of aliphatic hydroxyl groups is 1. The Kier molecular flexibility index (Phi) is 5.70. The lowest BCUT2D eigenvalue weighted by atomic mass is 9.92. The molecule has 1 aliphatic rings. The lowest BCUT2D eigenvalue weighted by Crippen LogP contribution is -2.40. The van der Waals surface area contributed by atoms with E-state index in [9.17, 15) is 5.11 Å². The first kappa shape index (κ1) is 17.2. The zero-order valence-electron chi connectivity index (χ0n) is 14.5. The Bertz CT molecular complexity index is 622. The van der Waals surface area contributed by atoms with Gasteiger partial charge in [0.25, 0.3) is 0 Å². The van der Waals surface area contributed by atoms with E-state index in [0.29, 0.717) is 5.92 Å². The molecule has 1 fully saturated rings. The fraction of sp³-hybridized carbons (Fsp3) is 0.455. The van der Waals surface area contributed by atoms with Crippen LogP contribution >= 0.6 is 0 Å². The van der Waals surface area contributed by atoms with Crippen molar-refractivity contribution >= 4 is 0 Å². The van der Waals surface area contributed by atoms with Crippen molar-refractivity contribution in [2.24, 2.45) is 5.73 Å². The maximum Gasteiger partial charge on any atom is 0.0611 e. The molecule has 2 aromatic carbocycles. The molecule has 0 aliphatic heterocycles. The summed E-state index contributed by atoms with van der Waals surface area (Å²) in [5, 5.41) is 9.41. The second-order valence-corrected chi connectivity index (χ2v) is 7.39. The molecule has 0 radical (unpaired) electrons. The summed E-state index contributed by atoms with van der Waals surface area (Å²) in [5.74, 6) is 0.509. The van der Waals surface area contributed by atoms with Crippen molar-refractivity contribution in [3.63, 3.8) is 0 Å². The van der Waals surface area contributed by atoms with Gasteiger partial charge in [-0.1, -0.05) is 54.6 Å². The van der Waals surface area contributed by atoms with Crippen LogP contribution in [0.2, 0.25) is 0 Å². The molecule has 0 bridgehead atoms. The van der Waals surface area contributed by atoms with E-state index in [1.807, 2.05) is 0 Å². The molecule has 1 saturated carbocycles. The van der Waals surface area contributed by atoms with Crippen LogP contribution in [0.1, 0.15) is 54.7 Å². The van der Waals surface area contributed by atoms with Crippen LogP contribution < -0.4 is 5.73 Å². The molecule has 24 heavy (non-hydrogen) atoms. The van der Waals surface area contributed by atoms with Crippen LogP contribution in [0.3, 0.4) is 0 Å². The molecule has 0 aromatic heterocycles. The van der Waals surface area contributed by atoms with Gasteiger partial charge in [0.05, 0.1) is 6.61 Å². The van der Waals surface area contributed by atoms with E-state index in [4.69, 9.17) is 5.73 Å². The monoisotopic (exact) mass is 323 g/mol. The Morgan fingerprint density at radius 1 is 0.917 bits per heavy atom. The van der Waals surface area contributed by atoms with E-state index < -0.39 is 0 Å². The molecule has 0 amide bonds. The molecule has 0 spiro atoms. The van der Waals surface area contributed by atoms with E-state index in [1.54, 1.807) is 0 Å². The zero-order valence-corrected chi connectivity index (χ0v) is 14.5. The number of hydrogen-bond acceptors (Lipinski definition) is 2. The van der Waals surface area contributed by atoms with Crippen molar-refractivity contribution in [1.82, 2.24) is 0 Å². The minimum atomic E-state index is -0.360. The van der Waals surface area contributed by atoms with Gasteiger partial charge in [0.2, 0.25) is 0 Å². The second kappa shape index (κ2) is 7.96. The highest BCUT2D eigenvalue weighted by Crippen LogP contribution is 2.39. The number of rotatable bonds is 7. The number of aryl methyl sites for hydroxylation is 2.